The van der Waals surface area contributed by atoms with Crippen LogP contribution >= 0.6 is 0 Å². The minimum absolute atomic E-state index is 0.115. The molecule has 5 heteroatoms. The van der Waals surface area contributed by atoms with Crippen molar-refractivity contribution in [2.45, 2.75) is 77.0 Å². The summed E-state index contributed by atoms with van der Waals surface area (Å²) in [5.41, 5.74) is 2.89. The number of carboxylic acids is 1. The van der Waals surface area contributed by atoms with E-state index in [2.05, 4.69) is 24.1 Å². The molecular formula is C25H31NO4. The van der Waals surface area contributed by atoms with E-state index in [-0.39, 0.29) is 11.7 Å². The lowest BCUT2D eigenvalue weighted by molar-refractivity contribution is 0.0656. The van der Waals surface area contributed by atoms with Gasteiger partial charge in [0, 0.05) is 28.8 Å². The van der Waals surface area contributed by atoms with Gasteiger partial charge in [-0.15, -0.1) is 0 Å². The Kier molecular flexibility index (Phi) is 6.46. The number of allylic oxidation sites excluding steroid dienone is 2. The highest BCUT2D eigenvalue weighted by Crippen LogP contribution is 2.31. The van der Waals surface area contributed by atoms with Crippen molar-refractivity contribution in [3.63, 3.8) is 0 Å². The van der Waals surface area contributed by atoms with Gasteiger partial charge in [0.2, 0.25) is 5.76 Å². The first-order valence-corrected chi connectivity index (χ1v) is 11.3. The predicted octanol–water partition coefficient (Wildman–Crippen LogP) is 5.01. The van der Waals surface area contributed by atoms with Crippen molar-refractivity contribution in [3.8, 4) is 5.95 Å². The number of hydrogen-bond donors (Lipinski definition) is 2. The first-order chi connectivity index (χ1) is 14.7. The van der Waals surface area contributed by atoms with E-state index < -0.39 is 5.97 Å². The van der Waals surface area contributed by atoms with Gasteiger partial charge < -0.3 is 19.2 Å². The van der Waals surface area contributed by atoms with Crippen molar-refractivity contribution in [1.29, 1.82) is 0 Å². The molecule has 2 heterocycles. The van der Waals surface area contributed by atoms with Crippen LogP contribution in [0.15, 0.2) is 28.4 Å². The number of rotatable bonds is 10. The number of furan rings is 1. The van der Waals surface area contributed by atoms with Crippen molar-refractivity contribution in [2.75, 3.05) is 0 Å². The van der Waals surface area contributed by atoms with Crippen LogP contribution in [0.2, 0.25) is 0 Å². The van der Waals surface area contributed by atoms with Gasteiger partial charge in [0.15, 0.2) is 0 Å². The van der Waals surface area contributed by atoms with Crippen LogP contribution in [0.3, 0.4) is 0 Å². The fourth-order valence-electron chi connectivity index (χ4n) is 4.62. The molecule has 0 radical (unpaired) electrons. The van der Waals surface area contributed by atoms with E-state index in [1.54, 1.807) is 6.07 Å². The van der Waals surface area contributed by atoms with Crippen molar-refractivity contribution in [1.82, 2.24) is 4.98 Å². The van der Waals surface area contributed by atoms with Crippen molar-refractivity contribution in [2.24, 2.45) is 0 Å². The molecule has 0 saturated heterocycles. The molecule has 0 bridgehead atoms. The van der Waals surface area contributed by atoms with Gasteiger partial charge in [-0.1, -0.05) is 51.5 Å². The summed E-state index contributed by atoms with van der Waals surface area (Å²) < 4.78 is 11.2. The van der Waals surface area contributed by atoms with Gasteiger partial charge >= 0.3 is 5.97 Å². The molecule has 2 aromatic rings. The molecule has 2 aliphatic carbocycles. The summed E-state index contributed by atoms with van der Waals surface area (Å²) in [5, 5.41) is 11.4. The predicted molar refractivity (Wildman–Crippen MR) is 117 cm³/mol. The average molecular weight is 410 g/mol. The molecule has 160 valence electrons. The average Bonchev–Trinajstić information content (AvgIpc) is 3.35. The lowest BCUT2D eigenvalue weighted by Gasteiger charge is -2.20. The van der Waals surface area contributed by atoms with Crippen LogP contribution < -0.4 is 15.4 Å². The number of carboxylic acid groups (broad SMARTS) is 1. The monoisotopic (exact) mass is 409 g/mol. The van der Waals surface area contributed by atoms with E-state index in [9.17, 15) is 4.79 Å². The van der Waals surface area contributed by atoms with E-state index in [0.29, 0.717) is 11.7 Å². The molecule has 5 nitrogen and oxygen atoms in total. The Morgan fingerprint density at radius 1 is 1.20 bits per heavy atom. The van der Waals surface area contributed by atoms with Crippen LogP contribution in [0.1, 0.15) is 92.3 Å². The Balaban J connectivity index is 1.55. The van der Waals surface area contributed by atoms with Gasteiger partial charge in [-0.05, 0) is 49.0 Å². The number of aromatic amines is 1. The van der Waals surface area contributed by atoms with Crippen molar-refractivity contribution < 1.29 is 19.1 Å². The van der Waals surface area contributed by atoms with E-state index in [0.717, 1.165) is 24.6 Å². The van der Waals surface area contributed by atoms with Gasteiger partial charge in [0.25, 0.3) is 5.95 Å². The number of unbranched alkanes of at least 4 members (excludes halogenated alkanes) is 5. The summed E-state index contributed by atoms with van der Waals surface area (Å²) in [6, 6.07) is 2.98. The summed E-state index contributed by atoms with van der Waals surface area (Å²) in [7, 11) is 0. The molecule has 0 aliphatic heterocycles. The smallest absolute Gasteiger partial charge is 0.371 e. The number of fused-ring (bicyclic) bond motifs is 3. The van der Waals surface area contributed by atoms with E-state index >= 15 is 0 Å². The van der Waals surface area contributed by atoms with Gasteiger partial charge in [-0.2, -0.15) is 0 Å². The van der Waals surface area contributed by atoms with E-state index in [1.165, 1.54) is 67.5 Å². The minimum Gasteiger partial charge on any atom is -0.475 e. The van der Waals surface area contributed by atoms with Crippen LogP contribution in [-0.2, 0) is 6.42 Å². The maximum Gasteiger partial charge on any atom is 0.371 e. The number of nitrogens with one attached hydrogen (secondary N) is 1. The lowest BCUT2D eigenvalue weighted by atomic mass is 9.86. The molecule has 30 heavy (non-hydrogen) atoms. The Bertz CT molecular complexity index is 1040. The van der Waals surface area contributed by atoms with Gasteiger partial charge in [-0.25, -0.2) is 4.79 Å². The quantitative estimate of drug-likeness (QED) is 0.541. The maximum atomic E-state index is 11.1. The number of carbonyl (C=O) groups is 1. The first kappa shape index (κ1) is 20.6. The van der Waals surface area contributed by atoms with E-state index in [4.69, 9.17) is 14.3 Å². The van der Waals surface area contributed by atoms with Crippen molar-refractivity contribution in [3.05, 3.63) is 51.6 Å². The largest absolute Gasteiger partial charge is 0.475 e. The molecule has 0 aromatic carbocycles. The molecule has 1 atom stereocenters. The molecule has 4 rings (SSSR count). The Morgan fingerprint density at radius 3 is 2.83 bits per heavy atom. The summed E-state index contributed by atoms with van der Waals surface area (Å²) >= 11 is 0. The number of H-pyrrole nitrogens is 1. The third kappa shape index (κ3) is 4.55. The zero-order valence-corrected chi connectivity index (χ0v) is 17.7. The fraction of sp³-hybridized carbons (Fsp3) is 0.480. The molecule has 2 N–H and O–H groups in total. The Hall–Kier alpha value is -2.69. The summed E-state index contributed by atoms with van der Waals surface area (Å²) in [6.07, 6.45) is 18.7. The van der Waals surface area contributed by atoms with Crippen LogP contribution in [0.5, 0.6) is 5.95 Å². The lowest BCUT2D eigenvalue weighted by Crippen LogP contribution is -2.19. The van der Waals surface area contributed by atoms with Crippen molar-refractivity contribution >= 4 is 18.1 Å². The van der Waals surface area contributed by atoms with Gasteiger partial charge in [0.05, 0.1) is 0 Å². The highest BCUT2D eigenvalue weighted by molar-refractivity contribution is 5.84. The normalized spacial score (nSPS) is 17.4. The number of hydrogen-bond acceptors (Lipinski definition) is 3. The SMILES string of the molecule is CCCCCCCCC1C=C(Oc2ccc(C(=O)O)o2)C=c2[nH]c3c(c21)CCCC=3. The summed E-state index contributed by atoms with van der Waals surface area (Å²) in [5.74, 6) is 0.0208. The van der Waals surface area contributed by atoms with Crippen LogP contribution in [0.25, 0.3) is 12.2 Å². The number of ether oxygens (including phenoxy) is 1. The molecule has 0 fully saturated rings. The summed E-state index contributed by atoms with van der Waals surface area (Å²) in [6.45, 7) is 2.25. The molecule has 0 saturated carbocycles. The zero-order valence-electron chi connectivity index (χ0n) is 17.7. The third-order valence-corrected chi connectivity index (χ3v) is 6.09. The number of aromatic nitrogens is 1. The first-order valence-electron chi connectivity index (χ1n) is 11.3. The second kappa shape index (κ2) is 9.41. The maximum absolute atomic E-state index is 11.1. The number of aromatic carboxylic acids is 1. The molecule has 2 aliphatic rings. The molecule has 0 spiro atoms. The highest BCUT2D eigenvalue weighted by Gasteiger charge is 2.24. The Labute approximate surface area is 177 Å². The van der Waals surface area contributed by atoms with E-state index in [1.807, 2.05) is 6.08 Å². The van der Waals surface area contributed by atoms with Gasteiger partial charge in [-0.3, -0.25) is 0 Å². The van der Waals surface area contributed by atoms with Gasteiger partial charge in [0.1, 0.15) is 5.76 Å². The zero-order chi connectivity index (χ0) is 20.9. The second-order valence-corrected chi connectivity index (χ2v) is 8.34. The topological polar surface area (TPSA) is 75.5 Å². The Morgan fingerprint density at radius 2 is 2.03 bits per heavy atom. The van der Waals surface area contributed by atoms with Crippen LogP contribution in [0, 0.1) is 0 Å². The minimum atomic E-state index is -1.10. The van der Waals surface area contributed by atoms with Crippen LogP contribution in [0.4, 0.5) is 0 Å². The third-order valence-electron chi connectivity index (χ3n) is 6.09. The van der Waals surface area contributed by atoms with Crippen LogP contribution in [-0.4, -0.2) is 16.1 Å². The molecule has 0 amide bonds. The molecular weight excluding hydrogens is 378 g/mol. The summed E-state index contributed by atoms with van der Waals surface area (Å²) in [4.78, 5) is 14.7. The standard InChI is InChI=1S/C25H31NO4/c1-2-3-4-5-6-7-10-17-15-18(29-23-14-13-22(30-23)25(27)28)16-21-24(17)19-11-8-9-12-20(19)26-21/h12-17,26H,2-11H2,1H3,(H,27,28). The highest BCUT2D eigenvalue weighted by atomic mass is 16.6. The second-order valence-electron chi connectivity index (χ2n) is 8.34. The molecule has 2 aromatic heterocycles. The fourth-order valence-corrected chi connectivity index (χ4v) is 4.62. The molecule has 1 unspecified atom stereocenters.